The summed E-state index contributed by atoms with van der Waals surface area (Å²) in [7, 11) is 1.51. The van der Waals surface area contributed by atoms with Crippen molar-refractivity contribution in [2.75, 3.05) is 7.11 Å². The van der Waals surface area contributed by atoms with Crippen LogP contribution in [0.4, 0.5) is 0 Å². The van der Waals surface area contributed by atoms with Gasteiger partial charge in [-0.2, -0.15) is 0 Å². The van der Waals surface area contributed by atoms with Gasteiger partial charge in [-0.05, 0) is 35.9 Å². The highest BCUT2D eigenvalue weighted by Crippen LogP contribution is 2.28. The quantitative estimate of drug-likeness (QED) is 0.860. The lowest BCUT2D eigenvalue weighted by Gasteiger charge is -2.17. The number of aliphatic carboxylic acids is 1. The summed E-state index contributed by atoms with van der Waals surface area (Å²) in [5, 5.41) is 10.2. The predicted molar refractivity (Wildman–Crippen MR) is 85.2 cm³/mol. The van der Waals surface area contributed by atoms with Crippen molar-refractivity contribution in [3.05, 3.63) is 58.1 Å². The number of hydrogen-bond acceptors (Lipinski definition) is 3. The first-order valence-corrected chi connectivity index (χ1v) is 7.23. The molecule has 116 valence electrons. The third-order valence-corrected chi connectivity index (χ3v) is 3.58. The van der Waals surface area contributed by atoms with Crippen LogP contribution in [0.25, 0.3) is 0 Å². The lowest BCUT2D eigenvalue weighted by Crippen LogP contribution is -2.29. The maximum atomic E-state index is 11.5. The molecule has 0 amide bonds. The van der Waals surface area contributed by atoms with Crippen LogP contribution in [0.1, 0.15) is 5.56 Å². The Morgan fingerprint density at radius 2 is 1.91 bits per heavy atom. The molecule has 0 radical (unpaired) electrons. The minimum atomic E-state index is -1.10. The largest absolute Gasteiger partial charge is 0.496 e. The molecule has 0 saturated heterocycles. The average Bonchev–Trinajstić information content (AvgIpc) is 2.49. The number of halogens is 2. The summed E-state index contributed by atoms with van der Waals surface area (Å²) in [5.41, 5.74) is 0.648. The van der Waals surface area contributed by atoms with Crippen molar-refractivity contribution in [1.29, 1.82) is 0 Å². The highest BCUT2D eigenvalue weighted by molar-refractivity contribution is 6.32. The van der Waals surface area contributed by atoms with E-state index in [0.29, 0.717) is 27.1 Å². The topological polar surface area (TPSA) is 55.8 Å². The fourth-order valence-electron chi connectivity index (χ4n) is 1.98. The van der Waals surface area contributed by atoms with Gasteiger partial charge in [-0.3, -0.25) is 0 Å². The van der Waals surface area contributed by atoms with Gasteiger partial charge < -0.3 is 14.6 Å². The number of rotatable bonds is 6. The molecule has 0 bridgehead atoms. The van der Waals surface area contributed by atoms with Crippen molar-refractivity contribution in [3.63, 3.8) is 0 Å². The van der Waals surface area contributed by atoms with Gasteiger partial charge in [-0.25, -0.2) is 4.79 Å². The minimum Gasteiger partial charge on any atom is -0.496 e. The molecule has 2 aromatic carbocycles. The van der Waals surface area contributed by atoms with E-state index in [1.54, 1.807) is 42.5 Å². The van der Waals surface area contributed by atoms with Crippen molar-refractivity contribution in [1.82, 2.24) is 0 Å². The minimum absolute atomic E-state index is 0.101. The van der Waals surface area contributed by atoms with Crippen LogP contribution in [0, 0.1) is 0 Å². The second kappa shape index (κ2) is 7.38. The van der Waals surface area contributed by atoms with Crippen LogP contribution in [-0.4, -0.2) is 24.3 Å². The molecule has 2 aromatic rings. The van der Waals surface area contributed by atoms with Crippen molar-refractivity contribution in [2.24, 2.45) is 0 Å². The average molecular weight is 341 g/mol. The van der Waals surface area contributed by atoms with Gasteiger partial charge in [0.2, 0.25) is 0 Å². The molecule has 0 heterocycles. The molecule has 0 fully saturated rings. The zero-order valence-electron chi connectivity index (χ0n) is 11.8. The van der Waals surface area contributed by atoms with Crippen LogP contribution in [0.3, 0.4) is 0 Å². The number of carboxylic acid groups (broad SMARTS) is 1. The summed E-state index contributed by atoms with van der Waals surface area (Å²) >= 11 is 12.0. The molecule has 2 rings (SSSR count). The number of carboxylic acids is 1. The highest BCUT2D eigenvalue weighted by Gasteiger charge is 2.23. The summed E-state index contributed by atoms with van der Waals surface area (Å²) in [5.74, 6) is -0.224. The second-order valence-electron chi connectivity index (χ2n) is 4.54. The first-order chi connectivity index (χ1) is 10.5. The Morgan fingerprint density at radius 1 is 1.18 bits per heavy atom. The number of hydrogen-bond donors (Lipinski definition) is 1. The Morgan fingerprint density at radius 3 is 2.55 bits per heavy atom. The van der Waals surface area contributed by atoms with Crippen LogP contribution in [-0.2, 0) is 11.2 Å². The molecule has 0 saturated carbocycles. The van der Waals surface area contributed by atoms with E-state index in [2.05, 4.69) is 0 Å². The summed E-state index contributed by atoms with van der Waals surface area (Å²) in [6, 6.07) is 11.7. The molecular formula is C16H14Cl2O4. The molecule has 6 heteroatoms. The normalized spacial score (nSPS) is 11.8. The molecule has 22 heavy (non-hydrogen) atoms. The van der Waals surface area contributed by atoms with E-state index in [4.69, 9.17) is 32.7 Å². The highest BCUT2D eigenvalue weighted by atomic mass is 35.5. The van der Waals surface area contributed by atoms with Gasteiger partial charge in [-0.15, -0.1) is 0 Å². The number of ether oxygens (including phenoxy) is 2. The monoisotopic (exact) mass is 340 g/mol. The Kier molecular flexibility index (Phi) is 5.52. The van der Waals surface area contributed by atoms with Crippen LogP contribution < -0.4 is 9.47 Å². The second-order valence-corrected chi connectivity index (χ2v) is 5.38. The van der Waals surface area contributed by atoms with Gasteiger partial charge in [0.25, 0.3) is 0 Å². The van der Waals surface area contributed by atoms with E-state index in [9.17, 15) is 9.90 Å². The molecule has 0 spiro atoms. The van der Waals surface area contributed by atoms with Gasteiger partial charge in [0.05, 0.1) is 12.1 Å². The smallest absolute Gasteiger partial charge is 0.345 e. The first kappa shape index (κ1) is 16.5. The predicted octanol–water partition coefficient (Wildman–Crippen LogP) is 4.08. The standard InChI is InChI=1S/C16H14Cl2O4/c1-21-13-7-6-11(17)8-10(13)9-15(16(19)20)22-14-5-3-2-4-12(14)18/h2-8,15H,9H2,1H3,(H,19,20). The Bertz CT molecular complexity index is 673. The third kappa shape index (κ3) is 4.06. The molecule has 1 N–H and O–H groups in total. The molecule has 0 aliphatic rings. The lowest BCUT2D eigenvalue weighted by molar-refractivity contribution is -0.145. The summed E-state index contributed by atoms with van der Waals surface area (Å²) in [6.07, 6.45) is -1.00. The van der Waals surface area contributed by atoms with E-state index in [1.807, 2.05) is 0 Å². The van der Waals surface area contributed by atoms with E-state index >= 15 is 0 Å². The van der Waals surface area contributed by atoms with E-state index in [-0.39, 0.29) is 6.42 Å². The molecule has 1 unspecified atom stereocenters. The molecular weight excluding hydrogens is 327 g/mol. The van der Waals surface area contributed by atoms with E-state index in [0.717, 1.165) is 0 Å². The van der Waals surface area contributed by atoms with Crippen LogP contribution in [0.2, 0.25) is 10.0 Å². The van der Waals surface area contributed by atoms with Gasteiger partial charge in [0.1, 0.15) is 11.5 Å². The Balaban J connectivity index is 2.25. The van der Waals surface area contributed by atoms with Crippen LogP contribution in [0.15, 0.2) is 42.5 Å². The lowest BCUT2D eigenvalue weighted by atomic mass is 10.1. The zero-order chi connectivity index (χ0) is 16.1. The van der Waals surface area contributed by atoms with Gasteiger partial charge in [0.15, 0.2) is 6.10 Å². The van der Waals surface area contributed by atoms with Crippen LogP contribution >= 0.6 is 23.2 Å². The SMILES string of the molecule is COc1ccc(Cl)cc1CC(Oc1ccccc1Cl)C(=O)O. The molecule has 4 nitrogen and oxygen atoms in total. The Hall–Kier alpha value is -1.91. The first-order valence-electron chi connectivity index (χ1n) is 6.47. The molecule has 1 atom stereocenters. The molecule has 0 aromatic heterocycles. The summed E-state index contributed by atoms with van der Waals surface area (Å²) in [4.78, 5) is 11.5. The third-order valence-electron chi connectivity index (χ3n) is 3.03. The van der Waals surface area contributed by atoms with Gasteiger partial charge in [-0.1, -0.05) is 35.3 Å². The number of methoxy groups -OCH3 is 1. The maximum Gasteiger partial charge on any atom is 0.345 e. The van der Waals surface area contributed by atoms with E-state index < -0.39 is 12.1 Å². The van der Waals surface area contributed by atoms with Crippen molar-refractivity contribution >= 4 is 29.2 Å². The van der Waals surface area contributed by atoms with Gasteiger partial charge in [0, 0.05) is 11.4 Å². The molecule has 0 aliphatic heterocycles. The number of benzene rings is 2. The number of carbonyl (C=O) groups is 1. The molecule has 0 aliphatic carbocycles. The number of para-hydroxylation sites is 1. The van der Waals surface area contributed by atoms with E-state index in [1.165, 1.54) is 7.11 Å². The summed E-state index contributed by atoms with van der Waals surface area (Å²) < 4.78 is 10.7. The fraction of sp³-hybridized carbons (Fsp3) is 0.188. The van der Waals surface area contributed by atoms with Crippen molar-refractivity contribution < 1.29 is 19.4 Å². The Labute approximate surface area is 138 Å². The van der Waals surface area contributed by atoms with Crippen molar-refractivity contribution in [2.45, 2.75) is 12.5 Å². The summed E-state index contributed by atoms with van der Waals surface area (Å²) in [6.45, 7) is 0. The van der Waals surface area contributed by atoms with Crippen molar-refractivity contribution in [3.8, 4) is 11.5 Å². The maximum absolute atomic E-state index is 11.5. The van der Waals surface area contributed by atoms with Gasteiger partial charge >= 0.3 is 5.97 Å². The fourth-order valence-corrected chi connectivity index (χ4v) is 2.35. The zero-order valence-corrected chi connectivity index (χ0v) is 13.3. The van der Waals surface area contributed by atoms with Crippen LogP contribution in [0.5, 0.6) is 11.5 Å².